The number of hydrogen-bond donors (Lipinski definition) is 2. The third-order valence-corrected chi connectivity index (χ3v) is 3.60. The molecule has 0 radical (unpaired) electrons. The normalized spacial score (nSPS) is 29.3. The fourth-order valence-electron chi connectivity index (χ4n) is 2.48. The highest BCUT2D eigenvalue weighted by molar-refractivity contribution is 5.86. The number of rotatable bonds is 5. The van der Waals surface area contributed by atoms with Crippen LogP contribution in [0, 0.1) is 28.6 Å². The molecule has 1 unspecified atom stereocenters. The topological polar surface area (TPSA) is 73.1 Å². The Morgan fingerprint density at radius 3 is 2.53 bits per heavy atom. The lowest BCUT2D eigenvalue weighted by Crippen LogP contribution is -2.52. The first-order valence-corrected chi connectivity index (χ1v) is 6.28. The van der Waals surface area contributed by atoms with Crippen LogP contribution in [0.1, 0.15) is 40.0 Å². The lowest BCUT2D eigenvalue weighted by Gasteiger charge is -2.40. The molecule has 1 saturated carbocycles. The van der Waals surface area contributed by atoms with E-state index in [-0.39, 0.29) is 24.5 Å². The highest BCUT2D eigenvalue weighted by Crippen LogP contribution is 2.45. The van der Waals surface area contributed by atoms with Crippen LogP contribution in [-0.2, 0) is 4.79 Å². The van der Waals surface area contributed by atoms with Crippen molar-refractivity contribution in [2.24, 2.45) is 17.3 Å². The van der Waals surface area contributed by atoms with E-state index >= 15 is 0 Å². The van der Waals surface area contributed by atoms with Crippen molar-refractivity contribution >= 4 is 5.91 Å². The molecule has 1 aliphatic carbocycles. The fourth-order valence-corrected chi connectivity index (χ4v) is 2.48. The minimum Gasteiger partial charge on any atom is -0.396 e. The Hall–Kier alpha value is -1.08. The second kappa shape index (κ2) is 5.50. The van der Waals surface area contributed by atoms with Crippen molar-refractivity contribution in [3.05, 3.63) is 0 Å². The van der Waals surface area contributed by atoms with E-state index in [0.717, 1.165) is 0 Å². The molecule has 0 saturated heterocycles. The molecule has 1 amide bonds. The van der Waals surface area contributed by atoms with E-state index in [1.165, 1.54) is 0 Å². The smallest absolute Gasteiger partial charge is 0.240 e. The van der Waals surface area contributed by atoms with Gasteiger partial charge in [-0.2, -0.15) is 5.26 Å². The van der Waals surface area contributed by atoms with Crippen LogP contribution in [-0.4, -0.2) is 23.7 Å². The van der Waals surface area contributed by atoms with Gasteiger partial charge in [-0.05, 0) is 31.1 Å². The summed E-state index contributed by atoms with van der Waals surface area (Å²) in [6.07, 6.45) is 1.85. The molecule has 0 aromatic rings. The molecule has 0 bridgehead atoms. The number of amides is 1. The molecule has 1 atom stereocenters. The van der Waals surface area contributed by atoms with E-state index < -0.39 is 5.41 Å². The monoisotopic (exact) mass is 238 g/mol. The first-order chi connectivity index (χ1) is 7.95. The van der Waals surface area contributed by atoms with Crippen molar-refractivity contribution in [1.29, 1.82) is 5.26 Å². The SMILES string of the molecule is CC1CC(C#N)(C(=O)NC(CCO)C(C)C)C1. The zero-order valence-corrected chi connectivity index (χ0v) is 10.9. The Morgan fingerprint density at radius 2 is 2.18 bits per heavy atom. The van der Waals surface area contributed by atoms with Crippen LogP contribution in [0.4, 0.5) is 0 Å². The summed E-state index contributed by atoms with van der Waals surface area (Å²) in [6.45, 7) is 6.11. The van der Waals surface area contributed by atoms with Crippen molar-refractivity contribution in [3.63, 3.8) is 0 Å². The molecule has 1 aliphatic rings. The molecule has 1 fully saturated rings. The van der Waals surface area contributed by atoms with Crippen LogP contribution >= 0.6 is 0 Å². The van der Waals surface area contributed by atoms with E-state index in [9.17, 15) is 4.79 Å². The van der Waals surface area contributed by atoms with E-state index in [2.05, 4.69) is 18.3 Å². The van der Waals surface area contributed by atoms with Crippen LogP contribution in [0.3, 0.4) is 0 Å². The number of aliphatic hydroxyl groups is 1. The van der Waals surface area contributed by atoms with Gasteiger partial charge in [-0.3, -0.25) is 4.79 Å². The lowest BCUT2D eigenvalue weighted by atomic mass is 9.63. The number of nitriles is 1. The predicted octanol–water partition coefficient (Wildman–Crippen LogP) is 1.45. The van der Waals surface area contributed by atoms with E-state index in [1.54, 1.807) is 0 Å². The zero-order chi connectivity index (χ0) is 13.1. The Kier molecular flexibility index (Phi) is 4.53. The molecule has 17 heavy (non-hydrogen) atoms. The third-order valence-electron chi connectivity index (χ3n) is 3.60. The van der Waals surface area contributed by atoms with Gasteiger partial charge < -0.3 is 10.4 Å². The van der Waals surface area contributed by atoms with Crippen LogP contribution < -0.4 is 5.32 Å². The Bertz CT molecular complexity index is 314. The first-order valence-electron chi connectivity index (χ1n) is 6.28. The standard InChI is InChI=1S/C13H22N2O2/c1-9(2)11(4-5-16)15-12(17)13(8-14)6-10(3)7-13/h9-11,16H,4-7H2,1-3H3,(H,15,17). The number of aliphatic hydroxyl groups excluding tert-OH is 1. The summed E-state index contributed by atoms with van der Waals surface area (Å²) in [7, 11) is 0. The zero-order valence-electron chi connectivity index (χ0n) is 10.9. The van der Waals surface area contributed by atoms with E-state index in [4.69, 9.17) is 10.4 Å². The van der Waals surface area contributed by atoms with E-state index in [1.807, 2.05) is 13.8 Å². The van der Waals surface area contributed by atoms with Crippen LogP contribution in [0.5, 0.6) is 0 Å². The van der Waals surface area contributed by atoms with E-state index in [0.29, 0.717) is 25.2 Å². The molecular weight excluding hydrogens is 216 g/mol. The predicted molar refractivity (Wildman–Crippen MR) is 64.9 cm³/mol. The van der Waals surface area contributed by atoms with Gasteiger partial charge in [0.1, 0.15) is 5.41 Å². The lowest BCUT2D eigenvalue weighted by molar-refractivity contribution is -0.135. The molecule has 1 rings (SSSR count). The maximum atomic E-state index is 12.1. The Labute approximate surface area is 103 Å². The summed E-state index contributed by atoms with van der Waals surface area (Å²) < 4.78 is 0. The summed E-state index contributed by atoms with van der Waals surface area (Å²) in [5.74, 6) is 0.556. The molecule has 4 nitrogen and oxygen atoms in total. The minimum atomic E-state index is -0.817. The molecule has 0 aliphatic heterocycles. The molecule has 96 valence electrons. The Balaban J connectivity index is 2.61. The Morgan fingerprint density at radius 1 is 1.59 bits per heavy atom. The fraction of sp³-hybridized carbons (Fsp3) is 0.846. The van der Waals surface area contributed by atoms with Gasteiger partial charge in [-0.25, -0.2) is 0 Å². The molecule has 0 spiro atoms. The second-order valence-corrected chi connectivity index (χ2v) is 5.54. The average Bonchev–Trinajstić information content (AvgIpc) is 2.23. The highest BCUT2D eigenvalue weighted by Gasteiger charge is 2.49. The maximum absolute atomic E-state index is 12.1. The number of nitrogens with zero attached hydrogens (tertiary/aromatic N) is 1. The summed E-state index contributed by atoms with van der Waals surface area (Å²) in [5, 5.41) is 21.0. The van der Waals surface area contributed by atoms with Crippen LogP contribution in [0.2, 0.25) is 0 Å². The van der Waals surface area contributed by atoms with Gasteiger partial charge in [0.15, 0.2) is 0 Å². The molecule has 2 N–H and O–H groups in total. The van der Waals surface area contributed by atoms with Gasteiger partial charge >= 0.3 is 0 Å². The third kappa shape index (κ3) is 2.98. The van der Waals surface area contributed by atoms with Gasteiger partial charge in [0, 0.05) is 12.6 Å². The molecule has 0 heterocycles. The maximum Gasteiger partial charge on any atom is 0.240 e. The second-order valence-electron chi connectivity index (χ2n) is 5.54. The minimum absolute atomic E-state index is 0.0476. The number of carbonyl (C=O) groups excluding carboxylic acids is 1. The molecule has 4 heteroatoms. The van der Waals surface area contributed by atoms with Gasteiger partial charge in [0.2, 0.25) is 5.91 Å². The molecule has 0 aromatic carbocycles. The van der Waals surface area contributed by atoms with Crippen molar-refractivity contribution < 1.29 is 9.90 Å². The number of hydrogen-bond acceptors (Lipinski definition) is 3. The number of nitrogens with one attached hydrogen (secondary N) is 1. The van der Waals surface area contributed by atoms with Gasteiger partial charge in [-0.1, -0.05) is 20.8 Å². The van der Waals surface area contributed by atoms with Gasteiger partial charge in [0.25, 0.3) is 0 Å². The highest BCUT2D eigenvalue weighted by atomic mass is 16.3. The summed E-state index contributed by atoms with van der Waals surface area (Å²) in [4.78, 5) is 12.1. The quantitative estimate of drug-likeness (QED) is 0.761. The summed E-state index contributed by atoms with van der Waals surface area (Å²) >= 11 is 0. The molecular formula is C13H22N2O2. The number of carbonyl (C=O) groups is 1. The van der Waals surface area contributed by atoms with Crippen molar-refractivity contribution in [3.8, 4) is 6.07 Å². The molecule has 0 aromatic heterocycles. The summed E-state index contributed by atoms with van der Waals surface area (Å²) in [6, 6.07) is 2.11. The summed E-state index contributed by atoms with van der Waals surface area (Å²) in [5.41, 5.74) is -0.817. The van der Waals surface area contributed by atoms with Crippen molar-refractivity contribution in [2.75, 3.05) is 6.61 Å². The first kappa shape index (κ1) is 14.0. The van der Waals surface area contributed by atoms with Gasteiger partial charge in [0.05, 0.1) is 6.07 Å². The van der Waals surface area contributed by atoms with Crippen molar-refractivity contribution in [2.45, 2.75) is 46.1 Å². The van der Waals surface area contributed by atoms with Crippen LogP contribution in [0.15, 0.2) is 0 Å². The van der Waals surface area contributed by atoms with Gasteiger partial charge in [-0.15, -0.1) is 0 Å². The largest absolute Gasteiger partial charge is 0.396 e. The van der Waals surface area contributed by atoms with Crippen LogP contribution in [0.25, 0.3) is 0 Å². The average molecular weight is 238 g/mol. The van der Waals surface area contributed by atoms with Crippen molar-refractivity contribution in [1.82, 2.24) is 5.32 Å².